The van der Waals surface area contributed by atoms with Gasteiger partial charge in [-0.3, -0.25) is 30.3 Å². The van der Waals surface area contributed by atoms with Crippen LogP contribution in [-0.2, 0) is 45.2 Å². The fourth-order valence-corrected chi connectivity index (χ4v) is 9.69. The zero-order chi connectivity index (χ0) is 68.1. The van der Waals surface area contributed by atoms with Crippen LogP contribution < -0.4 is 21.7 Å². The number of nitrogen functional groups attached to an aromatic ring is 2. The van der Waals surface area contributed by atoms with Crippen LogP contribution in [0.4, 0.5) is 52.4 Å². The third kappa shape index (κ3) is 21.9. The number of alkyl halides is 8. The average Bonchev–Trinajstić information content (AvgIpc) is 1.73. The number of Topliss-reactive ketones (excluding diaryl/α,β-unsaturated/α-hetero) is 1. The number of hydrogen-bond acceptors (Lipinski definition) is 15. The number of benzene rings is 5. The van der Waals surface area contributed by atoms with E-state index in [0.29, 0.717) is 27.2 Å². The lowest BCUT2D eigenvalue weighted by molar-refractivity contribution is -0.155. The summed E-state index contributed by atoms with van der Waals surface area (Å²) in [5, 5.41) is 18.0. The Morgan fingerprint density at radius 2 is 1.09 bits per heavy atom. The van der Waals surface area contributed by atoms with Crippen LogP contribution in [0.25, 0.3) is 44.1 Å². The molecule has 0 aliphatic rings. The van der Waals surface area contributed by atoms with Crippen molar-refractivity contribution in [1.29, 1.82) is 5.26 Å². The first-order chi connectivity index (χ1) is 43.4. The van der Waals surface area contributed by atoms with Gasteiger partial charge < -0.3 is 15.9 Å². The second-order valence-corrected chi connectivity index (χ2v) is 24.6. The molecule has 0 spiro atoms. The number of anilines is 3. The highest BCUT2D eigenvalue weighted by Crippen LogP contribution is 2.32. The molecule has 5 heterocycles. The number of fused-ring (bicyclic) bond motifs is 3. The number of nitriles is 1. The molecular weight excluding hydrogens is 1280 g/mol. The lowest BCUT2D eigenvalue weighted by Crippen LogP contribution is -2.17. The van der Waals surface area contributed by atoms with E-state index in [2.05, 4.69) is 60.8 Å². The SMILES string of the molecule is C.CC(C)(C)c1ccc(S(=O)(=O)Nc2cc(C(F)F)nn2-c2cccc3ncccc23)cc1.CC(C)(C)c1ccc(S(=O)Cl)cc1.CCOC(=O)C(F)F.N#CCC(=O)C(F)F.NNc1cccc2ncccc12.Nc1cc(C(F)F)nn1-c1cccc2ncccc12. The second-order valence-electron chi connectivity index (χ2n) is 21.1. The number of hydrazine groups is 1. The summed E-state index contributed by atoms with van der Waals surface area (Å²) >= 11 is 0. The van der Waals surface area contributed by atoms with Crippen molar-refractivity contribution in [2.45, 2.75) is 109 Å². The molecule has 1 unspecified atom stereocenters. The lowest BCUT2D eigenvalue weighted by atomic mass is 9.87. The summed E-state index contributed by atoms with van der Waals surface area (Å²) in [6.07, 6.45) is -7.13. The number of nitrogens with two attached hydrogens (primary N) is 2. The van der Waals surface area contributed by atoms with E-state index in [1.807, 2.05) is 87.5 Å². The van der Waals surface area contributed by atoms with Gasteiger partial charge in [0, 0.05) is 46.9 Å². The molecule has 0 saturated heterocycles. The van der Waals surface area contributed by atoms with Gasteiger partial charge in [-0.15, -0.1) is 0 Å². The van der Waals surface area contributed by atoms with Gasteiger partial charge in [-0.05, 0) is 137 Å². The quantitative estimate of drug-likeness (QED) is 0.0275. The van der Waals surface area contributed by atoms with E-state index >= 15 is 0 Å². The summed E-state index contributed by atoms with van der Waals surface area (Å²) in [5.74, 6) is 2.66. The molecule has 0 fully saturated rings. The second kappa shape index (κ2) is 34.8. The van der Waals surface area contributed by atoms with Crippen molar-refractivity contribution in [1.82, 2.24) is 34.5 Å². The minimum atomic E-state index is -4.04. The minimum absolute atomic E-state index is 0. The summed E-state index contributed by atoms with van der Waals surface area (Å²) in [6.45, 7) is 14.0. The maximum Gasteiger partial charge on any atom is 0.373 e. The summed E-state index contributed by atoms with van der Waals surface area (Å²) in [6, 6.07) is 44.9. The number of halogens is 9. The molecule has 0 amide bonds. The highest BCUT2D eigenvalue weighted by atomic mass is 35.7. The van der Waals surface area contributed by atoms with E-state index in [1.54, 1.807) is 79.3 Å². The van der Waals surface area contributed by atoms with Crippen molar-refractivity contribution in [2.75, 3.05) is 22.5 Å². The lowest BCUT2D eigenvalue weighted by Gasteiger charge is -2.19. The number of aromatic nitrogens is 7. The van der Waals surface area contributed by atoms with E-state index < -0.39 is 69.6 Å². The van der Waals surface area contributed by atoms with E-state index in [-0.39, 0.29) is 47.1 Å². The Morgan fingerprint density at radius 3 is 1.48 bits per heavy atom. The normalized spacial score (nSPS) is 11.4. The molecule has 6 N–H and O–H groups in total. The van der Waals surface area contributed by atoms with Crippen LogP contribution >= 0.6 is 10.7 Å². The van der Waals surface area contributed by atoms with Crippen LogP contribution in [-0.4, -0.2) is 78.3 Å². The highest BCUT2D eigenvalue weighted by Gasteiger charge is 2.24. The van der Waals surface area contributed by atoms with Crippen LogP contribution in [0.15, 0.2) is 180 Å². The van der Waals surface area contributed by atoms with E-state index in [1.165, 1.54) is 46.1 Å². The van der Waals surface area contributed by atoms with Crippen molar-refractivity contribution in [3.8, 4) is 17.4 Å². The molecule has 0 aliphatic heterocycles. The number of hydrogen-bond donors (Lipinski definition) is 4. The van der Waals surface area contributed by atoms with Gasteiger partial charge in [0.15, 0.2) is 0 Å². The number of nitrogens with one attached hydrogen (secondary N) is 2. The summed E-state index contributed by atoms with van der Waals surface area (Å²) in [7, 11) is 0.00711. The van der Waals surface area contributed by atoms with E-state index in [0.717, 1.165) is 39.1 Å². The number of carbonyl (C=O) groups excluding carboxylic acids is 2. The number of ether oxygens (including phenoxy) is 1. The smallest absolute Gasteiger partial charge is 0.373 e. The molecule has 0 bridgehead atoms. The molecular formula is C64H67ClF8N12O6S2. The molecule has 494 valence electrons. The Kier molecular flexibility index (Phi) is 28.5. The maximum atomic E-state index is 13.4. The topological polar surface area (TPSA) is 269 Å². The Balaban J connectivity index is 0.000000258. The number of rotatable bonds is 13. The predicted molar refractivity (Wildman–Crippen MR) is 346 cm³/mol. The van der Waals surface area contributed by atoms with Crippen LogP contribution in [0.2, 0.25) is 0 Å². The van der Waals surface area contributed by atoms with Crippen molar-refractivity contribution in [3.63, 3.8) is 0 Å². The zero-order valence-corrected chi connectivity index (χ0v) is 52.7. The molecule has 93 heavy (non-hydrogen) atoms. The van der Waals surface area contributed by atoms with Gasteiger partial charge in [0.25, 0.3) is 29.3 Å². The summed E-state index contributed by atoms with van der Waals surface area (Å²) < 4.78 is 142. The van der Waals surface area contributed by atoms with E-state index in [4.69, 9.17) is 27.5 Å². The van der Waals surface area contributed by atoms with Gasteiger partial charge in [0.05, 0.1) is 62.5 Å². The monoisotopic (exact) mass is 1350 g/mol. The zero-order valence-electron chi connectivity index (χ0n) is 50.3. The molecule has 0 radical (unpaired) electrons. The molecule has 29 heteroatoms. The van der Waals surface area contributed by atoms with Crippen LogP contribution in [0.3, 0.4) is 0 Å². The minimum Gasteiger partial charge on any atom is -0.462 e. The maximum absolute atomic E-state index is 13.4. The number of carbonyl (C=O) groups is 2. The fraction of sp³-hybridized carbons (Fsp3) is 0.250. The third-order valence-electron chi connectivity index (χ3n) is 12.6. The highest BCUT2D eigenvalue weighted by molar-refractivity contribution is 8.08. The molecule has 5 aromatic carbocycles. The summed E-state index contributed by atoms with van der Waals surface area (Å²) in [4.78, 5) is 32.9. The third-order valence-corrected chi connectivity index (χ3v) is 15.1. The number of sulfonamides is 1. The number of nitrogens with zero attached hydrogens (tertiary/aromatic N) is 8. The number of pyridine rings is 3. The van der Waals surface area contributed by atoms with Gasteiger partial charge in [0.1, 0.15) is 33.0 Å². The van der Waals surface area contributed by atoms with Crippen molar-refractivity contribution in [3.05, 3.63) is 193 Å². The largest absolute Gasteiger partial charge is 0.462 e. The van der Waals surface area contributed by atoms with Crippen molar-refractivity contribution in [2.24, 2.45) is 5.84 Å². The van der Waals surface area contributed by atoms with Gasteiger partial charge in [0.2, 0.25) is 5.78 Å². The van der Waals surface area contributed by atoms with Crippen molar-refractivity contribution < 1.29 is 62.1 Å². The molecule has 10 aromatic rings. The Morgan fingerprint density at radius 1 is 0.645 bits per heavy atom. The first-order valence-electron chi connectivity index (χ1n) is 27.4. The standard InChI is InChI=1S/C23H22F2N4O2S.C13H10F2N4.C10H13ClOS.C9H9N3.C4H3F2NO.C4H6F2O2.CH4/c1-23(2,3)15-9-11-16(12-10-15)32(30,31)28-21-14-19(22(24)25)27-29(21)20-8-4-7-18-17(20)6-5-13-26-18;14-13(15)10-7-12(16)19(18-10)11-5-1-4-9-8(11)3-2-6-17-9;1-10(2,3)8-4-6-9(7-5-8)13(11)12;10-12-9-5-1-4-8-7(9)3-2-6-11-8;5-4(6)3(8)1-2-7;1-2-8-4(7)3(5)6;/h4-14,22,28H,1-3H3;1-7,13H,16H2;4-7H,1-3H3;1-6,12H,10H2;4H,1H2;3H,2H2,1H3;1H4. The number of ketones is 1. The molecule has 10 rings (SSSR count). The van der Waals surface area contributed by atoms with Crippen LogP contribution in [0, 0.1) is 11.3 Å². The first kappa shape index (κ1) is 76.0. The van der Waals surface area contributed by atoms with Crippen LogP contribution in [0.5, 0.6) is 0 Å². The molecule has 5 aromatic heterocycles. The van der Waals surface area contributed by atoms with Gasteiger partial charge in [-0.1, -0.05) is 91.4 Å². The van der Waals surface area contributed by atoms with E-state index in [9.17, 15) is 57.3 Å². The average molecular weight is 1350 g/mol. The Labute approximate surface area is 539 Å². The van der Waals surface area contributed by atoms with Crippen molar-refractivity contribution >= 4 is 92.5 Å². The fourth-order valence-electron chi connectivity index (χ4n) is 8.00. The van der Waals surface area contributed by atoms with Gasteiger partial charge in [-0.25, -0.2) is 53.1 Å². The summed E-state index contributed by atoms with van der Waals surface area (Å²) in [5.41, 5.74) is 14.0. The Hall–Kier alpha value is -9.43. The Bertz CT molecular complexity index is 4250. The molecule has 0 aliphatic carbocycles. The molecule has 1 atom stereocenters. The molecule has 0 saturated carbocycles. The van der Waals surface area contributed by atoms with Gasteiger partial charge >= 0.3 is 12.4 Å². The first-order valence-corrected chi connectivity index (χ1v) is 30.8. The van der Waals surface area contributed by atoms with Gasteiger partial charge in [-0.2, -0.15) is 24.2 Å². The van der Waals surface area contributed by atoms with Crippen LogP contribution in [0.1, 0.15) is 97.7 Å². The predicted octanol–water partition coefficient (Wildman–Crippen LogP) is 15.3. The number of esters is 1. The molecule has 18 nitrogen and oxygen atoms in total.